The largest absolute Gasteiger partial charge is 0.326 e. The SMILES string of the molecule is O=C(Nc1cccc(-c2cn3ccsc3n2)c1)C1CCCC1. The van der Waals surface area contributed by atoms with E-state index in [4.69, 9.17) is 0 Å². The molecule has 2 heterocycles. The number of nitrogens with one attached hydrogen (secondary N) is 1. The van der Waals surface area contributed by atoms with Gasteiger partial charge in [-0.3, -0.25) is 9.20 Å². The Hall–Kier alpha value is -2.14. The van der Waals surface area contributed by atoms with Crippen molar-refractivity contribution in [2.24, 2.45) is 5.92 Å². The summed E-state index contributed by atoms with van der Waals surface area (Å²) in [5.74, 6) is 0.335. The lowest BCUT2D eigenvalue weighted by atomic mass is 10.1. The summed E-state index contributed by atoms with van der Waals surface area (Å²) < 4.78 is 2.02. The highest BCUT2D eigenvalue weighted by atomic mass is 32.1. The monoisotopic (exact) mass is 311 g/mol. The molecule has 1 fully saturated rings. The normalized spacial score (nSPS) is 15.5. The van der Waals surface area contributed by atoms with Gasteiger partial charge < -0.3 is 5.32 Å². The maximum atomic E-state index is 12.2. The topological polar surface area (TPSA) is 46.4 Å². The van der Waals surface area contributed by atoms with Gasteiger partial charge in [-0.2, -0.15) is 0 Å². The fourth-order valence-electron chi connectivity index (χ4n) is 3.06. The van der Waals surface area contributed by atoms with Crippen LogP contribution in [0.15, 0.2) is 42.0 Å². The number of carbonyl (C=O) groups excluding carboxylic acids is 1. The summed E-state index contributed by atoms with van der Waals surface area (Å²) in [6.45, 7) is 0. The Labute approximate surface area is 132 Å². The van der Waals surface area contributed by atoms with E-state index in [1.165, 1.54) is 12.8 Å². The summed E-state index contributed by atoms with van der Waals surface area (Å²) in [4.78, 5) is 17.8. The number of rotatable bonds is 3. The van der Waals surface area contributed by atoms with Gasteiger partial charge in [-0.15, -0.1) is 11.3 Å². The second kappa shape index (κ2) is 5.57. The van der Waals surface area contributed by atoms with Crippen LogP contribution in [-0.2, 0) is 4.79 Å². The molecule has 1 aromatic carbocycles. The summed E-state index contributed by atoms with van der Waals surface area (Å²) in [5, 5.41) is 5.07. The fraction of sp³-hybridized carbons (Fsp3) is 0.294. The molecule has 1 saturated carbocycles. The minimum Gasteiger partial charge on any atom is -0.326 e. The van der Waals surface area contributed by atoms with Crippen molar-refractivity contribution < 1.29 is 4.79 Å². The first-order chi connectivity index (χ1) is 10.8. The van der Waals surface area contributed by atoms with Gasteiger partial charge >= 0.3 is 0 Å². The molecular formula is C17H17N3OS. The van der Waals surface area contributed by atoms with Gasteiger partial charge in [0.1, 0.15) is 0 Å². The van der Waals surface area contributed by atoms with Crippen LogP contribution in [0.25, 0.3) is 16.2 Å². The standard InChI is InChI=1S/C17H17N3OS/c21-16(12-4-1-2-5-12)18-14-7-3-6-13(10-14)15-11-20-8-9-22-17(20)19-15/h3,6-12H,1-2,4-5H2,(H,18,21). The highest BCUT2D eigenvalue weighted by Crippen LogP contribution is 2.27. The van der Waals surface area contributed by atoms with Crippen molar-refractivity contribution in [2.75, 3.05) is 5.32 Å². The predicted octanol–water partition coefficient (Wildman–Crippen LogP) is 4.19. The molecule has 112 valence electrons. The van der Waals surface area contributed by atoms with Crippen LogP contribution in [-0.4, -0.2) is 15.3 Å². The molecule has 0 bridgehead atoms. The van der Waals surface area contributed by atoms with Gasteiger partial charge in [0.25, 0.3) is 0 Å². The quantitative estimate of drug-likeness (QED) is 0.788. The first-order valence-electron chi connectivity index (χ1n) is 7.63. The van der Waals surface area contributed by atoms with E-state index in [9.17, 15) is 4.79 Å². The summed E-state index contributed by atoms with van der Waals surface area (Å²) in [6, 6.07) is 7.93. The average Bonchev–Trinajstić information content (AvgIpc) is 3.24. The molecular weight excluding hydrogens is 294 g/mol. The first kappa shape index (κ1) is 13.5. The summed E-state index contributed by atoms with van der Waals surface area (Å²) >= 11 is 1.62. The number of benzene rings is 1. The zero-order chi connectivity index (χ0) is 14.9. The lowest BCUT2D eigenvalue weighted by molar-refractivity contribution is -0.119. The van der Waals surface area contributed by atoms with Gasteiger partial charge in [0.05, 0.1) is 5.69 Å². The van der Waals surface area contributed by atoms with Crippen LogP contribution in [0.5, 0.6) is 0 Å². The van der Waals surface area contributed by atoms with Crippen molar-refractivity contribution >= 4 is 27.9 Å². The van der Waals surface area contributed by atoms with Crippen LogP contribution >= 0.6 is 11.3 Å². The van der Waals surface area contributed by atoms with E-state index < -0.39 is 0 Å². The molecule has 1 amide bonds. The van der Waals surface area contributed by atoms with E-state index in [2.05, 4.69) is 10.3 Å². The van der Waals surface area contributed by atoms with E-state index in [0.717, 1.165) is 34.7 Å². The minimum atomic E-state index is 0.153. The lowest BCUT2D eigenvalue weighted by Gasteiger charge is -2.11. The summed E-state index contributed by atoms with van der Waals surface area (Å²) in [7, 11) is 0. The first-order valence-corrected chi connectivity index (χ1v) is 8.51. The Kier molecular flexibility index (Phi) is 3.42. The Balaban J connectivity index is 1.57. The Morgan fingerprint density at radius 2 is 2.18 bits per heavy atom. The molecule has 3 aromatic rings. The summed E-state index contributed by atoms with van der Waals surface area (Å²) in [5.41, 5.74) is 2.81. The molecule has 0 radical (unpaired) electrons. The molecule has 0 saturated heterocycles. The number of thiazole rings is 1. The molecule has 0 spiro atoms. The second-order valence-electron chi connectivity index (χ2n) is 5.77. The Morgan fingerprint density at radius 1 is 1.32 bits per heavy atom. The number of fused-ring (bicyclic) bond motifs is 1. The molecule has 0 unspecified atom stereocenters. The molecule has 4 nitrogen and oxygen atoms in total. The van der Waals surface area contributed by atoms with E-state index in [1.807, 2.05) is 46.4 Å². The predicted molar refractivity (Wildman–Crippen MR) is 89.1 cm³/mol. The van der Waals surface area contributed by atoms with Crippen LogP contribution in [0.4, 0.5) is 5.69 Å². The zero-order valence-corrected chi connectivity index (χ0v) is 13.0. The molecule has 1 aliphatic carbocycles. The number of nitrogens with zero attached hydrogens (tertiary/aromatic N) is 2. The number of hydrogen-bond acceptors (Lipinski definition) is 3. The van der Waals surface area contributed by atoms with Crippen molar-refractivity contribution in [1.82, 2.24) is 9.38 Å². The van der Waals surface area contributed by atoms with Crippen LogP contribution in [0, 0.1) is 5.92 Å². The molecule has 1 aliphatic rings. The third-order valence-electron chi connectivity index (χ3n) is 4.25. The lowest BCUT2D eigenvalue weighted by Crippen LogP contribution is -2.20. The molecule has 0 aliphatic heterocycles. The molecule has 0 atom stereocenters. The van der Waals surface area contributed by atoms with Crippen molar-refractivity contribution in [2.45, 2.75) is 25.7 Å². The van der Waals surface area contributed by atoms with Gasteiger partial charge in [0, 0.05) is 34.9 Å². The Bertz CT molecular complexity index is 786. The molecule has 22 heavy (non-hydrogen) atoms. The third kappa shape index (κ3) is 2.52. The molecule has 2 aromatic heterocycles. The summed E-state index contributed by atoms with van der Waals surface area (Å²) in [6.07, 6.45) is 8.39. The van der Waals surface area contributed by atoms with Crippen molar-refractivity contribution in [1.29, 1.82) is 0 Å². The third-order valence-corrected chi connectivity index (χ3v) is 5.02. The van der Waals surface area contributed by atoms with Crippen LogP contribution in [0.2, 0.25) is 0 Å². The number of aromatic nitrogens is 2. The van der Waals surface area contributed by atoms with Gasteiger partial charge in [-0.1, -0.05) is 25.0 Å². The maximum Gasteiger partial charge on any atom is 0.227 e. The number of amides is 1. The average molecular weight is 311 g/mol. The van der Waals surface area contributed by atoms with Gasteiger partial charge in [0.15, 0.2) is 4.96 Å². The zero-order valence-electron chi connectivity index (χ0n) is 12.2. The Morgan fingerprint density at radius 3 is 3.00 bits per heavy atom. The van der Waals surface area contributed by atoms with Crippen molar-refractivity contribution in [3.8, 4) is 11.3 Å². The van der Waals surface area contributed by atoms with E-state index in [1.54, 1.807) is 11.3 Å². The molecule has 4 rings (SSSR count). The van der Waals surface area contributed by atoms with E-state index >= 15 is 0 Å². The van der Waals surface area contributed by atoms with Crippen molar-refractivity contribution in [3.05, 3.63) is 42.0 Å². The van der Waals surface area contributed by atoms with Crippen molar-refractivity contribution in [3.63, 3.8) is 0 Å². The van der Waals surface area contributed by atoms with Gasteiger partial charge in [-0.25, -0.2) is 4.98 Å². The van der Waals surface area contributed by atoms with E-state index in [0.29, 0.717) is 0 Å². The number of imidazole rings is 1. The highest BCUT2D eigenvalue weighted by Gasteiger charge is 2.22. The number of carbonyl (C=O) groups is 1. The molecule has 1 N–H and O–H groups in total. The van der Waals surface area contributed by atoms with Crippen LogP contribution < -0.4 is 5.32 Å². The van der Waals surface area contributed by atoms with Crippen LogP contribution in [0.3, 0.4) is 0 Å². The second-order valence-corrected chi connectivity index (χ2v) is 6.64. The molecule has 5 heteroatoms. The maximum absolute atomic E-state index is 12.2. The fourth-order valence-corrected chi connectivity index (χ4v) is 3.76. The number of hydrogen-bond donors (Lipinski definition) is 1. The highest BCUT2D eigenvalue weighted by molar-refractivity contribution is 7.15. The minimum absolute atomic E-state index is 0.153. The van der Waals surface area contributed by atoms with Gasteiger partial charge in [0.2, 0.25) is 5.91 Å². The van der Waals surface area contributed by atoms with Gasteiger partial charge in [-0.05, 0) is 25.0 Å². The van der Waals surface area contributed by atoms with Crippen LogP contribution in [0.1, 0.15) is 25.7 Å². The van der Waals surface area contributed by atoms with E-state index in [-0.39, 0.29) is 11.8 Å². The number of anilines is 1. The smallest absolute Gasteiger partial charge is 0.227 e.